The standard InChI is InChI=1S/C6H10O2S/c1-5-3-9(7,8)4-6(5)2/h3-4H2,1-2H3. The van der Waals surface area contributed by atoms with Gasteiger partial charge in [0.25, 0.3) is 0 Å². The summed E-state index contributed by atoms with van der Waals surface area (Å²) in [6.45, 7) is 3.75. The first-order valence-corrected chi connectivity index (χ1v) is 4.69. The average molecular weight is 146 g/mol. The molecule has 1 heterocycles. The summed E-state index contributed by atoms with van der Waals surface area (Å²) in [7, 11) is -2.72. The minimum absolute atomic E-state index is 0.277. The van der Waals surface area contributed by atoms with Gasteiger partial charge in [-0.3, -0.25) is 0 Å². The summed E-state index contributed by atoms with van der Waals surface area (Å²) in [5, 5.41) is 0. The van der Waals surface area contributed by atoms with Crippen LogP contribution in [0.5, 0.6) is 0 Å². The zero-order valence-corrected chi connectivity index (χ0v) is 6.46. The second-order valence-electron chi connectivity index (χ2n) is 2.59. The Kier molecular flexibility index (Phi) is 1.39. The summed E-state index contributed by atoms with van der Waals surface area (Å²) in [4.78, 5) is 0. The zero-order chi connectivity index (χ0) is 7.07. The van der Waals surface area contributed by atoms with Crippen molar-refractivity contribution in [1.29, 1.82) is 0 Å². The average Bonchev–Trinajstić information content (AvgIpc) is 1.79. The van der Waals surface area contributed by atoms with Crippen molar-refractivity contribution in [2.75, 3.05) is 11.5 Å². The number of sulfone groups is 1. The lowest BCUT2D eigenvalue weighted by molar-refractivity contribution is 0.602. The van der Waals surface area contributed by atoms with E-state index in [1.807, 2.05) is 13.8 Å². The van der Waals surface area contributed by atoms with Gasteiger partial charge in [-0.1, -0.05) is 11.1 Å². The molecule has 52 valence electrons. The summed E-state index contributed by atoms with van der Waals surface area (Å²) in [6, 6.07) is 0. The van der Waals surface area contributed by atoms with Gasteiger partial charge in [-0.15, -0.1) is 0 Å². The molecule has 0 amide bonds. The Bertz CT molecular complexity index is 226. The van der Waals surface area contributed by atoms with E-state index in [2.05, 4.69) is 0 Å². The highest BCUT2D eigenvalue weighted by atomic mass is 32.2. The molecular formula is C6H10O2S. The molecule has 0 spiro atoms. The summed E-state index contributed by atoms with van der Waals surface area (Å²) >= 11 is 0. The zero-order valence-electron chi connectivity index (χ0n) is 5.64. The predicted octanol–water partition coefficient (Wildman–Crippen LogP) is 0.751. The molecule has 0 N–H and O–H groups in total. The maximum absolute atomic E-state index is 10.8. The predicted molar refractivity (Wildman–Crippen MR) is 37.0 cm³/mol. The second kappa shape index (κ2) is 1.84. The van der Waals surface area contributed by atoms with Crippen LogP contribution in [0.15, 0.2) is 11.1 Å². The van der Waals surface area contributed by atoms with Gasteiger partial charge < -0.3 is 0 Å². The quantitative estimate of drug-likeness (QED) is 0.473. The third-order valence-electron chi connectivity index (χ3n) is 1.60. The van der Waals surface area contributed by atoms with Gasteiger partial charge in [0.05, 0.1) is 11.5 Å². The van der Waals surface area contributed by atoms with Crippen molar-refractivity contribution in [2.45, 2.75) is 13.8 Å². The molecule has 0 bridgehead atoms. The Morgan fingerprint density at radius 3 is 1.56 bits per heavy atom. The molecule has 2 nitrogen and oxygen atoms in total. The first-order chi connectivity index (χ1) is 4.01. The third-order valence-corrected chi connectivity index (χ3v) is 3.35. The molecule has 1 aliphatic heterocycles. The molecule has 0 aromatic rings. The summed E-state index contributed by atoms with van der Waals surface area (Å²) in [6.07, 6.45) is 0. The van der Waals surface area contributed by atoms with Crippen LogP contribution >= 0.6 is 0 Å². The molecule has 3 heteroatoms. The molecule has 0 aromatic heterocycles. The minimum atomic E-state index is -2.72. The fraction of sp³-hybridized carbons (Fsp3) is 0.667. The molecule has 1 rings (SSSR count). The minimum Gasteiger partial charge on any atom is -0.228 e. The van der Waals surface area contributed by atoms with E-state index in [4.69, 9.17) is 0 Å². The van der Waals surface area contributed by atoms with E-state index in [1.165, 1.54) is 0 Å². The van der Waals surface area contributed by atoms with Gasteiger partial charge >= 0.3 is 0 Å². The fourth-order valence-corrected chi connectivity index (χ4v) is 2.87. The van der Waals surface area contributed by atoms with Crippen LogP contribution in [0.4, 0.5) is 0 Å². The number of hydrogen-bond acceptors (Lipinski definition) is 2. The van der Waals surface area contributed by atoms with Crippen molar-refractivity contribution in [3.8, 4) is 0 Å². The molecule has 0 saturated heterocycles. The van der Waals surface area contributed by atoms with E-state index >= 15 is 0 Å². The van der Waals surface area contributed by atoms with E-state index in [-0.39, 0.29) is 11.5 Å². The van der Waals surface area contributed by atoms with Crippen LogP contribution in [0.3, 0.4) is 0 Å². The molecular weight excluding hydrogens is 136 g/mol. The van der Waals surface area contributed by atoms with Gasteiger partial charge in [0.1, 0.15) is 0 Å². The lowest BCUT2D eigenvalue weighted by Gasteiger charge is -1.86. The maximum Gasteiger partial charge on any atom is 0.157 e. The lowest BCUT2D eigenvalue weighted by atomic mass is 10.2. The van der Waals surface area contributed by atoms with Crippen molar-refractivity contribution in [1.82, 2.24) is 0 Å². The number of hydrogen-bond donors (Lipinski definition) is 0. The van der Waals surface area contributed by atoms with Gasteiger partial charge in [-0.25, -0.2) is 8.42 Å². The highest BCUT2D eigenvalue weighted by molar-refractivity contribution is 7.92. The van der Waals surface area contributed by atoms with Crippen molar-refractivity contribution < 1.29 is 8.42 Å². The van der Waals surface area contributed by atoms with Crippen molar-refractivity contribution >= 4 is 9.84 Å². The van der Waals surface area contributed by atoms with E-state index in [9.17, 15) is 8.42 Å². The Morgan fingerprint density at radius 1 is 1.11 bits per heavy atom. The highest BCUT2D eigenvalue weighted by Gasteiger charge is 2.21. The molecule has 0 unspecified atom stereocenters. The molecule has 1 aliphatic rings. The van der Waals surface area contributed by atoms with Crippen molar-refractivity contribution in [3.05, 3.63) is 11.1 Å². The molecule has 0 saturated carbocycles. The largest absolute Gasteiger partial charge is 0.228 e. The van der Waals surface area contributed by atoms with E-state index in [1.54, 1.807) is 0 Å². The topological polar surface area (TPSA) is 34.1 Å². The third kappa shape index (κ3) is 1.33. The highest BCUT2D eigenvalue weighted by Crippen LogP contribution is 2.17. The van der Waals surface area contributed by atoms with Crippen LogP contribution in [0, 0.1) is 0 Å². The van der Waals surface area contributed by atoms with Crippen LogP contribution < -0.4 is 0 Å². The Labute approximate surface area is 55.5 Å². The molecule has 0 aliphatic carbocycles. The van der Waals surface area contributed by atoms with E-state index < -0.39 is 9.84 Å². The van der Waals surface area contributed by atoms with E-state index in [0.717, 1.165) is 11.1 Å². The second-order valence-corrected chi connectivity index (χ2v) is 4.66. The van der Waals surface area contributed by atoms with Crippen molar-refractivity contribution in [2.24, 2.45) is 0 Å². The van der Waals surface area contributed by atoms with Crippen LogP contribution in [0.25, 0.3) is 0 Å². The Hall–Kier alpha value is -0.310. The molecule has 0 radical (unpaired) electrons. The number of rotatable bonds is 0. The van der Waals surface area contributed by atoms with E-state index in [0.29, 0.717) is 0 Å². The van der Waals surface area contributed by atoms with Gasteiger partial charge in [-0.05, 0) is 13.8 Å². The monoisotopic (exact) mass is 146 g/mol. The summed E-state index contributed by atoms with van der Waals surface area (Å²) in [5.41, 5.74) is 2.05. The van der Waals surface area contributed by atoms with Crippen LogP contribution in [-0.2, 0) is 9.84 Å². The summed E-state index contributed by atoms with van der Waals surface area (Å²) in [5.74, 6) is 0.553. The van der Waals surface area contributed by atoms with Crippen molar-refractivity contribution in [3.63, 3.8) is 0 Å². The summed E-state index contributed by atoms with van der Waals surface area (Å²) < 4.78 is 21.6. The van der Waals surface area contributed by atoms with Crippen LogP contribution in [0.1, 0.15) is 13.8 Å². The lowest BCUT2D eigenvalue weighted by Crippen LogP contribution is -2.02. The van der Waals surface area contributed by atoms with Crippen LogP contribution in [0.2, 0.25) is 0 Å². The molecule has 0 atom stereocenters. The molecule has 0 fully saturated rings. The normalized spacial score (nSPS) is 25.1. The molecule has 9 heavy (non-hydrogen) atoms. The van der Waals surface area contributed by atoms with Gasteiger partial charge in [0, 0.05) is 0 Å². The van der Waals surface area contributed by atoms with Gasteiger partial charge in [-0.2, -0.15) is 0 Å². The molecule has 0 aromatic carbocycles. The van der Waals surface area contributed by atoms with Crippen LogP contribution in [-0.4, -0.2) is 19.9 Å². The van der Waals surface area contributed by atoms with Gasteiger partial charge in [0.2, 0.25) is 0 Å². The Morgan fingerprint density at radius 2 is 1.44 bits per heavy atom. The SMILES string of the molecule is CC1=C(C)CS(=O)(=O)C1. The smallest absolute Gasteiger partial charge is 0.157 e. The first kappa shape index (κ1) is 6.81. The fourth-order valence-electron chi connectivity index (χ4n) is 0.957. The first-order valence-electron chi connectivity index (χ1n) is 2.87. The Balaban J connectivity index is 2.95. The van der Waals surface area contributed by atoms with Gasteiger partial charge in [0.15, 0.2) is 9.84 Å². The maximum atomic E-state index is 10.8.